The lowest BCUT2D eigenvalue weighted by Crippen LogP contribution is -2.16. The van der Waals surface area contributed by atoms with Gasteiger partial charge in [-0.15, -0.1) is 0 Å². The molecule has 0 radical (unpaired) electrons. The minimum Gasteiger partial charge on any atom is -0.478 e. The van der Waals surface area contributed by atoms with E-state index >= 15 is 0 Å². The fourth-order valence-corrected chi connectivity index (χ4v) is 2.13. The molecule has 1 aromatic heterocycles. The quantitative estimate of drug-likeness (QED) is 0.916. The third-order valence-electron chi connectivity index (χ3n) is 3.03. The molecule has 1 aromatic carbocycles. The summed E-state index contributed by atoms with van der Waals surface area (Å²) in [7, 11) is 1.86. The summed E-state index contributed by atoms with van der Waals surface area (Å²) in [4.78, 5) is 17.5. The maximum Gasteiger partial charge on any atom is 0.339 e. The van der Waals surface area contributed by atoms with Crippen LogP contribution in [0.5, 0.6) is 0 Å². The second-order valence-electron chi connectivity index (χ2n) is 4.44. The average Bonchev–Trinajstić information content (AvgIpc) is 2.37. The van der Waals surface area contributed by atoms with Gasteiger partial charge in [-0.1, -0.05) is 18.2 Å². The fraction of sp³-hybridized carbons (Fsp3) is 0.200. The molecule has 0 atom stereocenters. The van der Waals surface area contributed by atoms with Crippen LogP contribution in [-0.2, 0) is 0 Å². The molecule has 0 spiro atoms. The van der Waals surface area contributed by atoms with Crippen molar-refractivity contribution in [2.75, 3.05) is 11.9 Å². The van der Waals surface area contributed by atoms with Crippen molar-refractivity contribution in [1.82, 2.24) is 4.98 Å². The standard InChI is InChI=1S/C15H16N2O2/c1-10-9-13(14(15(18)19)11(2)16-10)17(3)12-7-5-4-6-8-12/h4-9H,1-3H3,(H,18,19). The van der Waals surface area contributed by atoms with Crippen LogP contribution >= 0.6 is 0 Å². The van der Waals surface area contributed by atoms with Crippen molar-refractivity contribution in [3.63, 3.8) is 0 Å². The molecule has 4 nitrogen and oxygen atoms in total. The molecule has 0 unspecified atom stereocenters. The number of carboxylic acids is 1. The number of carboxylic acid groups (broad SMARTS) is 1. The Morgan fingerprint density at radius 2 is 1.84 bits per heavy atom. The first kappa shape index (κ1) is 13.1. The molecule has 1 heterocycles. The summed E-state index contributed by atoms with van der Waals surface area (Å²) in [5.41, 5.74) is 3.18. The molecular formula is C15H16N2O2. The minimum absolute atomic E-state index is 0.247. The Bertz CT molecular complexity index is 609. The van der Waals surface area contributed by atoms with E-state index in [4.69, 9.17) is 0 Å². The maximum atomic E-state index is 11.4. The number of aryl methyl sites for hydroxylation is 2. The molecule has 98 valence electrons. The number of aromatic carboxylic acids is 1. The molecular weight excluding hydrogens is 240 g/mol. The maximum absolute atomic E-state index is 11.4. The zero-order valence-electron chi connectivity index (χ0n) is 11.2. The van der Waals surface area contributed by atoms with Gasteiger partial charge in [0.2, 0.25) is 0 Å². The monoisotopic (exact) mass is 256 g/mol. The molecule has 4 heteroatoms. The summed E-state index contributed by atoms with van der Waals surface area (Å²) in [5.74, 6) is -0.956. The van der Waals surface area contributed by atoms with Gasteiger partial charge in [0.15, 0.2) is 0 Å². The number of aromatic nitrogens is 1. The van der Waals surface area contributed by atoms with Gasteiger partial charge in [-0.25, -0.2) is 4.79 Å². The Labute approximate surface area is 112 Å². The number of hydrogen-bond donors (Lipinski definition) is 1. The Balaban J connectivity index is 2.58. The van der Waals surface area contributed by atoms with E-state index in [1.807, 2.05) is 49.2 Å². The molecule has 0 aliphatic rings. The Kier molecular flexibility index (Phi) is 3.51. The van der Waals surface area contributed by atoms with Crippen LogP contribution in [0.2, 0.25) is 0 Å². The number of anilines is 2. The predicted molar refractivity (Wildman–Crippen MR) is 75.2 cm³/mol. The Hall–Kier alpha value is -2.36. The van der Waals surface area contributed by atoms with Crippen molar-refractivity contribution < 1.29 is 9.90 Å². The van der Waals surface area contributed by atoms with Gasteiger partial charge in [-0.2, -0.15) is 0 Å². The lowest BCUT2D eigenvalue weighted by molar-refractivity contribution is 0.0696. The van der Waals surface area contributed by atoms with Gasteiger partial charge in [0, 0.05) is 18.4 Å². The highest BCUT2D eigenvalue weighted by molar-refractivity contribution is 5.96. The van der Waals surface area contributed by atoms with Gasteiger partial charge in [0.1, 0.15) is 5.56 Å². The molecule has 0 aliphatic carbocycles. The number of rotatable bonds is 3. The largest absolute Gasteiger partial charge is 0.478 e. The molecule has 2 rings (SSSR count). The summed E-state index contributed by atoms with van der Waals surface area (Å²) in [6.07, 6.45) is 0. The average molecular weight is 256 g/mol. The summed E-state index contributed by atoms with van der Waals surface area (Å²) >= 11 is 0. The molecule has 1 N–H and O–H groups in total. The second-order valence-corrected chi connectivity index (χ2v) is 4.44. The van der Waals surface area contributed by atoms with Gasteiger partial charge in [-0.3, -0.25) is 4.98 Å². The van der Waals surface area contributed by atoms with Gasteiger partial charge in [0.05, 0.1) is 11.4 Å². The van der Waals surface area contributed by atoms with E-state index in [9.17, 15) is 9.90 Å². The van der Waals surface area contributed by atoms with Crippen molar-refractivity contribution in [2.45, 2.75) is 13.8 Å². The summed E-state index contributed by atoms with van der Waals surface area (Å²) in [6, 6.07) is 11.5. The smallest absolute Gasteiger partial charge is 0.339 e. The van der Waals surface area contributed by atoms with Crippen molar-refractivity contribution in [3.8, 4) is 0 Å². The fourth-order valence-electron chi connectivity index (χ4n) is 2.13. The first-order chi connectivity index (χ1) is 9.00. The van der Waals surface area contributed by atoms with E-state index in [0.717, 1.165) is 11.4 Å². The number of hydrogen-bond acceptors (Lipinski definition) is 3. The summed E-state index contributed by atoms with van der Waals surface area (Å²) < 4.78 is 0. The zero-order valence-corrected chi connectivity index (χ0v) is 11.2. The highest BCUT2D eigenvalue weighted by atomic mass is 16.4. The van der Waals surface area contributed by atoms with E-state index < -0.39 is 5.97 Å². The van der Waals surface area contributed by atoms with E-state index in [2.05, 4.69) is 4.98 Å². The third kappa shape index (κ3) is 2.57. The van der Waals surface area contributed by atoms with Crippen LogP contribution in [0.1, 0.15) is 21.7 Å². The Morgan fingerprint density at radius 3 is 2.42 bits per heavy atom. The lowest BCUT2D eigenvalue weighted by Gasteiger charge is -2.22. The van der Waals surface area contributed by atoms with Crippen LogP contribution in [-0.4, -0.2) is 23.1 Å². The van der Waals surface area contributed by atoms with Gasteiger partial charge in [-0.05, 0) is 32.0 Å². The number of para-hydroxylation sites is 1. The number of pyridine rings is 1. The first-order valence-corrected chi connectivity index (χ1v) is 6.01. The Morgan fingerprint density at radius 1 is 1.21 bits per heavy atom. The van der Waals surface area contributed by atoms with Crippen LogP contribution in [0.3, 0.4) is 0 Å². The van der Waals surface area contributed by atoms with E-state index in [1.165, 1.54) is 0 Å². The predicted octanol–water partition coefficient (Wildman–Crippen LogP) is 3.16. The number of carbonyl (C=O) groups is 1. The highest BCUT2D eigenvalue weighted by Crippen LogP contribution is 2.29. The zero-order chi connectivity index (χ0) is 14.0. The minimum atomic E-state index is -0.956. The topological polar surface area (TPSA) is 53.4 Å². The van der Waals surface area contributed by atoms with Crippen molar-refractivity contribution >= 4 is 17.3 Å². The van der Waals surface area contributed by atoms with Crippen molar-refractivity contribution in [1.29, 1.82) is 0 Å². The molecule has 19 heavy (non-hydrogen) atoms. The molecule has 2 aromatic rings. The molecule has 0 amide bonds. The van der Waals surface area contributed by atoms with E-state index in [1.54, 1.807) is 13.0 Å². The number of benzene rings is 1. The van der Waals surface area contributed by atoms with Crippen LogP contribution in [0.25, 0.3) is 0 Å². The highest BCUT2D eigenvalue weighted by Gasteiger charge is 2.18. The second kappa shape index (κ2) is 5.10. The van der Waals surface area contributed by atoms with Crippen LogP contribution < -0.4 is 4.90 Å². The van der Waals surface area contributed by atoms with Crippen LogP contribution in [0.15, 0.2) is 36.4 Å². The summed E-state index contributed by atoms with van der Waals surface area (Å²) in [5, 5.41) is 9.37. The number of nitrogens with zero attached hydrogens (tertiary/aromatic N) is 2. The van der Waals surface area contributed by atoms with Crippen molar-refractivity contribution in [2.24, 2.45) is 0 Å². The summed E-state index contributed by atoms with van der Waals surface area (Å²) in [6.45, 7) is 3.58. The van der Waals surface area contributed by atoms with E-state index in [-0.39, 0.29) is 5.56 Å². The first-order valence-electron chi connectivity index (χ1n) is 6.01. The van der Waals surface area contributed by atoms with Crippen LogP contribution in [0.4, 0.5) is 11.4 Å². The molecule has 0 saturated carbocycles. The SMILES string of the molecule is Cc1cc(N(C)c2ccccc2)c(C(=O)O)c(C)n1. The van der Waals surface area contributed by atoms with Crippen molar-refractivity contribution in [3.05, 3.63) is 53.3 Å². The van der Waals surface area contributed by atoms with Gasteiger partial charge in [0.25, 0.3) is 0 Å². The normalized spacial score (nSPS) is 10.3. The third-order valence-corrected chi connectivity index (χ3v) is 3.03. The van der Waals surface area contributed by atoms with Gasteiger partial charge >= 0.3 is 5.97 Å². The molecule has 0 aliphatic heterocycles. The molecule has 0 bridgehead atoms. The van der Waals surface area contributed by atoms with E-state index in [0.29, 0.717) is 11.4 Å². The molecule has 0 fully saturated rings. The molecule has 0 saturated heterocycles. The van der Waals surface area contributed by atoms with Gasteiger partial charge < -0.3 is 10.0 Å². The lowest BCUT2D eigenvalue weighted by atomic mass is 10.1. The van der Waals surface area contributed by atoms with Crippen LogP contribution in [0, 0.1) is 13.8 Å².